The maximum Gasteiger partial charge on any atom is 0.126 e. The lowest BCUT2D eigenvalue weighted by molar-refractivity contribution is 0.189. The standard InChI is InChI=1S/C17H23N5/c1-19-16-4-2-3-15(20-16)14-10-22(13-7-11(8-13)9-18)21-17(14)12-5-6-12/h2-4,10-13H,5-9,18H2,1H3,(H,19,20). The Bertz CT molecular complexity index is 667. The molecule has 22 heavy (non-hydrogen) atoms. The van der Waals surface area contributed by atoms with Gasteiger partial charge in [0, 0.05) is 24.7 Å². The molecule has 0 aliphatic heterocycles. The lowest BCUT2D eigenvalue weighted by atomic mass is 9.80. The summed E-state index contributed by atoms with van der Waals surface area (Å²) in [5, 5.41) is 8.02. The normalized spacial score (nSPS) is 24.1. The molecule has 0 atom stereocenters. The van der Waals surface area contributed by atoms with Crippen LogP contribution >= 0.6 is 0 Å². The second kappa shape index (κ2) is 5.39. The number of anilines is 1. The Labute approximate surface area is 130 Å². The van der Waals surface area contributed by atoms with Crippen LogP contribution in [0.25, 0.3) is 11.3 Å². The number of pyridine rings is 1. The highest BCUT2D eigenvalue weighted by Gasteiger charge is 2.34. The van der Waals surface area contributed by atoms with Crippen LogP contribution in [-0.4, -0.2) is 28.4 Å². The lowest BCUT2D eigenvalue weighted by Gasteiger charge is -2.34. The third kappa shape index (κ3) is 2.39. The first-order valence-electron chi connectivity index (χ1n) is 8.22. The van der Waals surface area contributed by atoms with Crippen molar-refractivity contribution in [3.05, 3.63) is 30.1 Å². The van der Waals surface area contributed by atoms with Crippen LogP contribution < -0.4 is 11.1 Å². The molecule has 3 N–H and O–H groups in total. The number of nitrogens with two attached hydrogens (primary N) is 1. The van der Waals surface area contributed by atoms with E-state index in [1.807, 2.05) is 13.1 Å². The SMILES string of the molecule is CNc1cccc(-c2cn(C3CC(CN)C3)nc2C2CC2)n1. The van der Waals surface area contributed by atoms with Crippen molar-refractivity contribution in [2.24, 2.45) is 11.7 Å². The average Bonchev–Trinajstić information content (AvgIpc) is 3.26. The van der Waals surface area contributed by atoms with E-state index in [0.717, 1.165) is 30.9 Å². The predicted molar refractivity (Wildman–Crippen MR) is 87.8 cm³/mol. The summed E-state index contributed by atoms with van der Waals surface area (Å²) in [5.41, 5.74) is 9.20. The maximum atomic E-state index is 5.74. The molecule has 116 valence electrons. The van der Waals surface area contributed by atoms with Gasteiger partial charge in [0.2, 0.25) is 0 Å². The Morgan fingerprint density at radius 1 is 1.32 bits per heavy atom. The van der Waals surface area contributed by atoms with Gasteiger partial charge in [0.25, 0.3) is 0 Å². The van der Waals surface area contributed by atoms with Gasteiger partial charge < -0.3 is 11.1 Å². The minimum Gasteiger partial charge on any atom is -0.373 e. The molecular formula is C17H23N5. The molecule has 0 spiro atoms. The van der Waals surface area contributed by atoms with E-state index in [1.54, 1.807) is 0 Å². The topological polar surface area (TPSA) is 68.8 Å². The number of hydrogen-bond donors (Lipinski definition) is 2. The molecule has 5 nitrogen and oxygen atoms in total. The molecular weight excluding hydrogens is 274 g/mol. The van der Waals surface area contributed by atoms with Crippen LogP contribution in [-0.2, 0) is 0 Å². The van der Waals surface area contributed by atoms with Crippen LogP contribution in [0.5, 0.6) is 0 Å². The van der Waals surface area contributed by atoms with Gasteiger partial charge in [-0.25, -0.2) is 4.98 Å². The second-order valence-electron chi connectivity index (χ2n) is 6.57. The molecule has 2 aromatic heterocycles. The van der Waals surface area contributed by atoms with Gasteiger partial charge in [-0.15, -0.1) is 0 Å². The van der Waals surface area contributed by atoms with Crippen molar-refractivity contribution in [3.63, 3.8) is 0 Å². The van der Waals surface area contributed by atoms with E-state index >= 15 is 0 Å². The molecule has 0 aromatic carbocycles. The van der Waals surface area contributed by atoms with Crippen LogP contribution in [0.4, 0.5) is 5.82 Å². The molecule has 2 aromatic rings. The number of hydrogen-bond acceptors (Lipinski definition) is 4. The molecule has 2 fully saturated rings. The minimum absolute atomic E-state index is 0.521. The summed E-state index contributed by atoms with van der Waals surface area (Å²) in [7, 11) is 1.90. The molecule has 0 bridgehead atoms. The second-order valence-corrected chi connectivity index (χ2v) is 6.57. The van der Waals surface area contributed by atoms with Crippen LogP contribution in [0, 0.1) is 5.92 Å². The molecule has 2 heterocycles. The number of rotatable bonds is 5. The first-order chi connectivity index (χ1) is 10.8. The zero-order valence-electron chi connectivity index (χ0n) is 13.0. The summed E-state index contributed by atoms with van der Waals surface area (Å²) in [6.07, 6.45) is 7.03. The molecule has 2 saturated carbocycles. The summed E-state index contributed by atoms with van der Waals surface area (Å²) in [5.74, 6) is 2.20. The largest absolute Gasteiger partial charge is 0.373 e. The molecule has 0 saturated heterocycles. The van der Waals surface area contributed by atoms with Gasteiger partial charge in [0.05, 0.1) is 17.4 Å². The van der Waals surface area contributed by atoms with E-state index in [1.165, 1.54) is 24.1 Å². The molecule has 2 aliphatic rings. The van der Waals surface area contributed by atoms with Crippen LogP contribution in [0.3, 0.4) is 0 Å². The van der Waals surface area contributed by atoms with Crippen LogP contribution in [0.15, 0.2) is 24.4 Å². The lowest BCUT2D eigenvalue weighted by Crippen LogP contribution is -2.32. The van der Waals surface area contributed by atoms with E-state index in [2.05, 4.69) is 28.3 Å². The van der Waals surface area contributed by atoms with Crippen molar-refractivity contribution in [2.45, 2.75) is 37.6 Å². The fraction of sp³-hybridized carbons (Fsp3) is 0.529. The fourth-order valence-electron chi connectivity index (χ4n) is 3.28. The third-order valence-electron chi connectivity index (χ3n) is 4.92. The van der Waals surface area contributed by atoms with Crippen LogP contribution in [0.1, 0.15) is 43.3 Å². The van der Waals surface area contributed by atoms with E-state index in [4.69, 9.17) is 15.8 Å². The van der Waals surface area contributed by atoms with Gasteiger partial charge in [-0.1, -0.05) is 6.07 Å². The van der Waals surface area contributed by atoms with E-state index < -0.39 is 0 Å². The Morgan fingerprint density at radius 2 is 2.14 bits per heavy atom. The molecule has 0 amide bonds. The van der Waals surface area contributed by atoms with Gasteiger partial charge in [-0.05, 0) is 50.3 Å². The Kier molecular flexibility index (Phi) is 3.37. The zero-order chi connectivity index (χ0) is 15.1. The average molecular weight is 297 g/mol. The predicted octanol–water partition coefficient (Wildman–Crippen LogP) is 2.77. The molecule has 0 radical (unpaired) electrons. The fourth-order valence-corrected chi connectivity index (χ4v) is 3.28. The van der Waals surface area contributed by atoms with Crippen molar-refractivity contribution in [1.82, 2.24) is 14.8 Å². The van der Waals surface area contributed by atoms with Gasteiger partial charge in [-0.2, -0.15) is 5.10 Å². The van der Waals surface area contributed by atoms with Crippen molar-refractivity contribution in [3.8, 4) is 11.3 Å². The highest BCUT2D eigenvalue weighted by atomic mass is 15.3. The van der Waals surface area contributed by atoms with E-state index in [-0.39, 0.29) is 0 Å². The Morgan fingerprint density at radius 3 is 2.82 bits per heavy atom. The van der Waals surface area contributed by atoms with Crippen molar-refractivity contribution in [2.75, 3.05) is 18.9 Å². The van der Waals surface area contributed by atoms with E-state index in [9.17, 15) is 0 Å². The Hall–Kier alpha value is -1.88. The summed E-state index contributed by atoms with van der Waals surface area (Å²) >= 11 is 0. The highest BCUT2D eigenvalue weighted by Crippen LogP contribution is 2.45. The smallest absolute Gasteiger partial charge is 0.126 e. The maximum absolute atomic E-state index is 5.74. The van der Waals surface area contributed by atoms with Crippen molar-refractivity contribution >= 4 is 5.82 Å². The molecule has 2 aliphatic carbocycles. The first-order valence-corrected chi connectivity index (χ1v) is 8.22. The van der Waals surface area contributed by atoms with Crippen molar-refractivity contribution < 1.29 is 0 Å². The third-order valence-corrected chi connectivity index (χ3v) is 4.92. The summed E-state index contributed by atoms with van der Waals surface area (Å²) in [6, 6.07) is 6.64. The highest BCUT2D eigenvalue weighted by molar-refractivity contribution is 5.64. The zero-order valence-corrected chi connectivity index (χ0v) is 13.0. The van der Waals surface area contributed by atoms with Crippen LogP contribution in [0.2, 0.25) is 0 Å². The molecule has 5 heteroatoms. The monoisotopic (exact) mass is 297 g/mol. The molecule has 0 unspecified atom stereocenters. The van der Waals surface area contributed by atoms with Gasteiger partial charge in [0.15, 0.2) is 0 Å². The summed E-state index contributed by atoms with van der Waals surface area (Å²) in [6.45, 7) is 0.797. The number of aromatic nitrogens is 3. The first kappa shape index (κ1) is 13.8. The number of nitrogens with zero attached hydrogens (tertiary/aromatic N) is 3. The molecule has 4 rings (SSSR count). The summed E-state index contributed by atoms with van der Waals surface area (Å²) < 4.78 is 2.17. The summed E-state index contributed by atoms with van der Waals surface area (Å²) in [4.78, 5) is 4.70. The van der Waals surface area contributed by atoms with E-state index in [0.29, 0.717) is 17.9 Å². The van der Waals surface area contributed by atoms with Gasteiger partial charge in [0.1, 0.15) is 5.82 Å². The quantitative estimate of drug-likeness (QED) is 0.890. The minimum atomic E-state index is 0.521. The number of nitrogens with one attached hydrogen (secondary N) is 1. The van der Waals surface area contributed by atoms with Gasteiger partial charge >= 0.3 is 0 Å². The van der Waals surface area contributed by atoms with Crippen molar-refractivity contribution in [1.29, 1.82) is 0 Å². The van der Waals surface area contributed by atoms with Gasteiger partial charge in [-0.3, -0.25) is 4.68 Å². The Balaban J connectivity index is 1.67.